The van der Waals surface area contributed by atoms with Gasteiger partial charge >= 0.3 is 6.18 Å². The molecule has 2 N–H and O–H groups in total. The third-order valence-corrected chi connectivity index (χ3v) is 2.56. The van der Waals surface area contributed by atoms with Crippen molar-refractivity contribution >= 4 is 0 Å². The van der Waals surface area contributed by atoms with Crippen LogP contribution in [-0.2, 0) is 6.54 Å². The van der Waals surface area contributed by atoms with Crippen LogP contribution < -0.4 is 15.2 Å². The second kappa shape index (κ2) is 6.04. The molecule has 0 aliphatic heterocycles. The Labute approximate surface area is 118 Å². The average Bonchev–Trinajstić information content (AvgIpc) is 2.93. The van der Waals surface area contributed by atoms with Gasteiger partial charge in [-0.3, -0.25) is 0 Å². The molecule has 0 radical (unpaired) electrons. The lowest BCUT2D eigenvalue weighted by molar-refractivity contribution is -0.153. The van der Waals surface area contributed by atoms with Crippen molar-refractivity contribution in [2.24, 2.45) is 5.73 Å². The Morgan fingerprint density at radius 1 is 1.29 bits per heavy atom. The highest BCUT2D eigenvalue weighted by molar-refractivity contribution is 5.60. The van der Waals surface area contributed by atoms with Crippen LogP contribution in [0.1, 0.15) is 5.69 Å². The van der Waals surface area contributed by atoms with Crippen LogP contribution in [0, 0.1) is 0 Å². The largest absolute Gasteiger partial charge is 0.493 e. The summed E-state index contributed by atoms with van der Waals surface area (Å²) in [4.78, 5) is 4.09. The first-order valence-corrected chi connectivity index (χ1v) is 5.95. The highest BCUT2D eigenvalue weighted by Crippen LogP contribution is 2.33. The van der Waals surface area contributed by atoms with Crippen LogP contribution in [0.4, 0.5) is 13.2 Å². The van der Waals surface area contributed by atoms with Gasteiger partial charge in [0.15, 0.2) is 18.1 Å². The van der Waals surface area contributed by atoms with Crippen molar-refractivity contribution in [3.63, 3.8) is 0 Å². The maximum Gasteiger partial charge on any atom is 0.422 e. The number of rotatable bonds is 5. The van der Waals surface area contributed by atoms with Crippen molar-refractivity contribution in [2.45, 2.75) is 12.7 Å². The smallest absolute Gasteiger partial charge is 0.422 e. The van der Waals surface area contributed by atoms with Gasteiger partial charge in [-0.15, -0.1) is 0 Å². The van der Waals surface area contributed by atoms with Crippen molar-refractivity contribution in [1.82, 2.24) is 4.98 Å². The Kier molecular flexibility index (Phi) is 4.37. The van der Waals surface area contributed by atoms with Crippen LogP contribution in [0.5, 0.6) is 11.5 Å². The first-order valence-electron chi connectivity index (χ1n) is 5.95. The van der Waals surface area contributed by atoms with Gasteiger partial charge in [-0.1, -0.05) is 0 Å². The molecule has 1 aromatic carbocycles. The van der Waals surface area contributed by atoms with Crippen molar-refractivity contribution in [3.05, 3.63) is 30.2 Å². The van der Waals surface area contributed by atoms with E-state index in [-0.39, 0.29) is 23.9 Å². The highest BCUT2D eigenvalue weighted by atomic mass is 19.4. The minimum atomic E-state index is -4.43. The Morgan fingerprint density at radius 2 is 2.05 bits per heavy atom. The third kappa shape index (κ3) is 3.88. The summed E-state index contributed by atoms with van der Waals surface area (Å²) in [6.07, 6.45) is -3.05. The summed E-state index contributed by atoms with van der Waals surface area (Å²) in [7, 11) is 1.34. The van der Waals surface area contributed by atoms with Crippen molar-refractivity contribution < 1.29 is 27.1 Å². The van der Waals surface area contributed by atoms with Gasteiger partial charge in [0.05, 0.1) is 12.8 Å². The molecule has 0 bridgehead atoms. The van der Waals surface area contributed by atoms with E-state index < -0.39 is 12.8 Å². The topological polar surface area (TPSA) is 70.5 Å². The molecule has 0 spiro atoms. The van der Waals surface area contributed by atoms with Gasteiger partial charge in [-0.25, -0.2) is 4.98 Å². The molecule has 0 unspecified atom stereocenters. The maximum atomic E-state index is 12.2. The van der Waals surface area contributed by atoms with E-state index >= 15 is 0 Å². The van der Waals surface area contributed by atoms with E-state index in [4.69, 9.17) is 19.6 Å². The van der Waals surface area contributed by atoms with Gasteiger partial charge in [0.2, 0.25) is 5.89 Å². The molecule has 8 heteroatoms. The minimum Gasteiger partial charge on any atom is -0.493 e. The molecule has 0 atom stereocenters. The molecule has 0 amide bonds. The van der Waals surface area contributed by atoms with Gasteiger partial charge in [0.1, 0.15) is 6.26 Å². The number of nitrogens with two attached hydrogens (primary N) is 1. The lowest BCUT2D eigenvalue weighted by Crippen LogP contribution is -2.19. The SMILES string of the molecule is COc1ccc(-c2nc(CN)co2)cc1OCC(F)(F)F. The number of alkyl halides is 3. The predicted octanol–water partition coefficient (Wildman–Crippen LogP) is 2.75. The van der Waals surface area contributed by atoms with Crippen LogP contribution in [0.3, 0.4) is 0 Å². The fraction of sp³-hybridized carbons (Fsp3) is 0.308. The minimum absolute atomic E-state index is 0.0418. The Morgan fingerprint density at radius 3 is 2.62 bits per heavy atom. The average molecular weight is 302 g/mol. The highest BCUT2D eigenvalue weighted by Gasteiger charge is 2.29. The van der Waals surface area contributed by atoms with E-state index in [0.29, 0.717) is 11.3 Å². The molecule has 0 saturated carbocycles. The van der Waals surface area contributed by atoms with E-state index in [0.717, 1.165) is 0 Å². The van der Waals surface area contributed by atoms with Gasteiger partial charge in [0, 0.05) is 12.1 Å². The lowest BCUT2D eigenvalue weighted by atomic mass is 10.2. The van der Waals surface area contributed by atoms with Crippen molar-refractivity contribution in [2.75, 3.05) is 13.7 Å². The number of hydrogen-bond donors (Lipinski definition) is 1. The van der Waals surface area contributed by atoms with Crippen LogP contribution in [0.25, 0.3) is 11.5 Å². The number of nitrogens with zero attached hydrogens (tertiary/aromatic N) is 1. The molecule has 5 nitrogen and oxygen atoms in total. The third-order valence-electron chi connectivity index (χ3n) is 2.56. The van der Waals surface area contributed by atoms with Crippen LogP contribution in [0.2, 0.25) is 0 Å². The molecule has 0 fully saturated rings. The van der Waals surface area contributed by atoms with E-state index in [2.05, 4.69) is 4.98 Å². The molecule has 0 saturated heterocycles. The van der Waals surface area contributed by atoms with E-state index in [1.54, 1.807) is 6.07 Å². The van der Waals surface area contributed by atoms with Crippen LogP contribution >= 0.6 is 0 Å². The normalized spacial score (nSPS) is 11.5. The number of ether oxygens (including phenoxy) is 2. The summed E-state index contributed by atoms with van der Waals surface area (Å²) in [6.45, 7) is -1.20. The second-order valence-corrected chi connectivity index (χ2v) is 4.12. The maximum absolute atomic E-state index is 12.2. The Bertz CT molecular complexity index is 611. The molecule has 0 aliphatic rings. The van der Waals surface area contributed by atoms with Gasteiger partial charge in [0.25, 0.3) is 0 Å². The molecular formula is C13H13F3N2O3. The zero-order valence-electron chi connectivity index (χ0n) is 11.1. The zero-order chi connectivity index (χ0) is 15.5. The Hall–Kier alpha value is -2.22. The molecule has 1 heterocycles. The fourth-order valence-electron chi connectivity index (χ4n) is 1.62. The number of methoxy groups -OCH3 is 1. The molecule has 1 aromatic heterocycles. The first-order chi connectivity index (χ1) is 9.93. The van der Waals surface area contributed by atoms with Gasteiger partial charge < -0.3 is 19.6 Å². The zero-order valence-corrected chi connectivity index (χ0v) is 11.1. The quantitative estimate of drug-likeness (QED) is 0.919. The number of halogens is 3. The lowest BCUT2D eigenvalue weighted by Gasteiger charge is -2.13. The molecule has 114 valence electrons. The summed E-state index contributed by atoms with van der Waals surface area (Å²) in [5.74, 6) is 0.392. The molecular weight excluding hydrogens is 289 g/mol. The molecule has 2 aromatic rings. The summed E-state index contributed by atoms with van der Waals surface area (Å²) in [5.41, 5.74) is 6.43. The number of oxazole rings is 1. The molecule has 21 heavy (non-hydrogen) atoms. The Balaban J connectivity index is 2.28. The molecule has 0 aliphatic carbocycles. The monoisotopic (exact) mass is 302 g/mol. The van der Waals surface area contributed by atoms with Crippen LogP contribution in [-0.4, -0.2) is 24.9 Å². The predicted molar refractivity (Wildman–Crippen MR) is 67.9 cm³/mol. The van der Waals surface area contributed by atoms with Gasteiger partial charge in [-0.2, -0.15) is 13.2 Å². The number of benzene rings is 1. The van der Waals surface area contributed by atoms with Gasteiger partial charge in [-0.05, 0) is 18.2 Å². The summed E-state index contributed by atoms with van der Waals surface area (Å²) >= 11 is 0. The summed E-state index contributed by atoms with van der Waals surface area (Å²) in [6, 6.07) is 4.45. The second-order valence-electron chi connectivity index (χ2n) is 4.12. The van der Waals surface area contributed by atoms with E-state index in [9.17, 15) is 13.2 Å². The van der Waals surface area contributed by atoms with Crippen molar-refractivity contribution in [3.8, 4) is 23.0 Å². The molecule has 2 rings (SSSR count). The number of hydrogen-bond acceptors (Lipinski definition) is 5. The summed E-state index contributed by atoms with van der Waals surface area (Å²) < 4.78 is 51.6. The fourth-order valence-corrected chi connectivity index (χ4v) is 1.62. The van der Waals surface area contributed by atoms with E-state index in [1.165, 1.54) is 25.5 Å². The summed E-state index contributed by atoms with van der Waals surface area (Å²) in [5, 5.41) is 0. The number of aromatic nitrogens is 1. The first kappa shape index (κ1) is 15.2. The van der Waals surface area contributed by atoms with Crippen molar-refractivity contribution in [1.29, 1.82) is 0 Å². The standard InChI is InChI=1S/C13H13F3N2O3/c1-19-10-3-2-8(12-18-9(5-17)6-20-12)4-11(10)21-7-13(14,15)16/h2-4,6H,5,7,17H2,1H3. The van der Waals surface area contributed by atoms with E-state index in [1.807, 2.05) is 0 Å². The van der Waals surface area contributed by atoms with Crippen LogP contribution in [0.15, 0.2) is 28.9 Å².